The molecule has 1 amide bonds. The molecule has 0 bridgehead atoms. The van der Waals surface area contributed by atoms with Crippen molar-refractivity contribution in [2.24, 2.45) is 0 Å². The van der Waals surface area contributed by atoms with E-state index in [0.29, 0.717) is 36.1 Å². The number of anilines is 1. The van der Waals surface area contributed by atoms with Crippen molar-refractivity contribution in [3.05, 3.63) is 65.2 Å². The number of carbonyl (C=O) groups is 1. The molecule has 2 heterocycles. The van der Waals surface area contributed by atoms with Gasteiger partial charge in [-0.3, -0.25) is 4.79 Å². The minimum absolute atomic E-state index is 0.0656. The minimum Gasteiger partial charge on any atom is -0.368 e. The third-order valence-electron chi connectivity index (χ3n) is 3.92. The average Bonchev–Trinajstić information content (AvgIpc) is 3.15. The highest BCUT2D eigenvalue weighted by atomic mass is 16.1. The molecule has 0 atom stereocenters. The predicted octanol–water partition coefficient (Wildman–Crippen LogP) is 2.43. The molecule has 7 heteroatoms. The summed E-state index contributed by atoms with van der Waals surface area (Å²) in [4.78, 5) is 21.1. The van der Waals surface area contributed by atoms with Crippen LogP contribution < -0.4 is 10.6 Å². The van der Waals surface area contributed by atoms with E-state index in [-0.39, 0.29) is 5.91 Å². The molecule has 2 aromatic heterocycles. The molecule has 7 nitrogen and oxygen atoms in total. The van der Waals surface area contributed by atoms with E-state index in [2.05, 4.69) is 25.7 Å². The summed E-state index contributed by atoms with van der Waals surface area (Å²) in [6.45, 7) is 6.80. The molecular weight excluding hydrogens is 328 g/mol. The first-order valence-electron chi connectivity index (χ1n) is 8.48. The first kappa shape index (κ1) is 17.6. The van der Waals surface area contributed by atoms with E-state index in [4.69, 9.17) is 0 Å². The van der Waals surface area contributed by atoms with Gasteiger partial charge in [-0.25, -0.2) is 14.6 Å². The molecule has 0 aliphatic heterocycles. The Morgan fingerprint density at radius 2 is 1.96 bits per heavy atom. The lowest BCUT2D eigenvalue weighted by Crippen LogP contribution is -2.29. The van der Waals surface area contributed by atoms with Crippen LogP contribution in [0.15, 0.2) is 42.7 Å². The van der Waals surface area contributed by atoms with Gasteiger partial charge in [0.2, 0.25) is 0 Å². The third kappa shape index (κ3) is 4.24. The molecule has 134 valence electrons. The van der Waals surface area contributed by atoms with Crippen LogP contribution in [0.5, 0.6) is 0 Å². The van der Waals surface area contributed by atoms with Gasteiger partial charge in [-0.05, 0) is 38.5 Å². The second-order valence-corrected chi connectivity index (χ2v) is 6.11. The lowest BCUT2D eigenvalue weighted by atomic mass is 10.1. The summed E-state index contributed by atoms with van der Waals surface area (Å²) < 4.78 is 1.68. The van der Waals surface area contributed by atoms with Gasteiger partial charge in [0.05, 0.1) is 0 Å². The number of nitrogens with one attached hydrogen (secondary N) is 2. The summed E-state index contributed by atoms with van der Waals surface area (Å²) in [6, 6.07) is 9.54. The number of benzene rings is 1. The lowest BCUT2D eigenvalue weighted by Gasteiger charge is -2.11. The quantitative estimate of drug-likeness (QED) is 0.667. The van der Waals surface area contributed by atoms with Gasteiger partial charge in [0.1, 0.15) is 11.6 Å². The van der Waals surface area contributed by atoms with Crippen LogP contribution >= 0.6 is 0 Å². The Labute approximate surface area is 152 Å². The van der Waals surface area contributed by atoms with Crippen molar-refractivity contribution in [1.82, 2.24) is 25.1 Å². The smallest absolute Gasteiger partial charge is 0.251 e. The van der Waals surface area contributed by atoms with Gasteiger partial charge in [-0.1, -0.05) is 17.7 Å². The summed E-state index contributed by atoms with van der Waals surface area (Å²) in [5.41, 5.74) is 2.75. The summed E-state index contributed by atoms with van der Waals surface area (Å²) in [6.07, 6.45) is 3.53. The fourth-order valence-corrected chi connectivity index (χ4v) is 2.61. The van der Waals surface area contributed by atoms with Crippen LogP contribution in [0.3, 0.4) is 0 Å². The molecule has 0 saturated heterocycles. The van der Waals surface area contributed by atoms with Gasteiger partial charge in [-0.15, -0.1) is 0 Å². The van der Waals surface area contributed by atoms with Gasteiger partial charge in [0, 0.05) is 37.1 Å². The van der Waals surface area contributed by atoms with Crippen molar-refractivity contribution in [2.75, 3.05) is 18.4 Å². The molecule has 0 radical (unpaired) electrons. The van der Waals surface area contributed by atoms with Gasteiger partial charge in [0.25, 0.3) is 5.91 Å². The first-order valence-corrected chi connectivity index (χ1v) is 8.48. The Hall–Kier alpha value is -3.22. The monoisotopic (exact) mass is 350 g/mol. The molecule has 0 saturated carbocycles. The largest absolute Gasteiger partial charge is 0.368 e. The van der Waals surface area contributed by atoms with Gasteiger partial charge in [-0.2, -0.15) is 5.10 Å². The van der Waals surface area contributed by atoms with Crippen LogP contribution in [0.2, 0.25) is 0 Å². The maximum absolute atomic E-state index is 12.3. The number of amides is 1. The highest BCUT2D eigenvalue weighted by Gasteiger charge is 2.09. The zero-order valence-corrected chi connectivity index (χ0v) is 15.2. The van der Waals surface area contributed by atoms with E-state index in [1.165, 1.54) is 0 Å². The van der Waals surface area contributed by atoms with E-state index in [1.54, 1.807) is 10.9 Å². The molecule has 0 unspecified atom stereocenters. The lowest BCUT2D eigenvalue weighted by molar-refractivity contribution is 0.0954. The average molecular weight is 350 g/mol. The van der Waals surface area contributed by atoms with Crippen LogP contribution in [0, 0.1) is 20.8 Å². The van der Waals surface area contributed by atoms with Crippen molar-refractivity contribution in [3.63, 3.8) is 0 Å². The number of rotatable bonds is 6. The van der Waals surface area contributed by atoms with E-state index in [0.717, 1.165) is 11.1 Å². The Morgan fingerprint density at radius 3 is 2.73 bits per heavy atom. The zero-order valence-electron chi connectivity index (χ0n) is 15.2. The number of aromatic nitrogens is 4. The van der Waals surface area contributed by atoms with Crippen LogP contribution in [-0.4, -0.2) is 38.7 Å². The molecule has 2 N–H and O–H groups in total. The topological polar surface area (TPSA) is 84.7 Å². The van der Waals surface area contributed by atoms with Crippen molar-refractivity contribution in [2.45, 2.75) is 20.8 Å². The Kier molecular flexibility index (Phi) is 5.26. The Balaban J connectivity index is 1.57. The highest BCUT2D eigenvalue weighted by molar-refractivity contribution is 5.95. The summed E-state index contributed by atoms with van der Waals surface area (Å²) in [7, 11) is 0. The fraction of sp³-hybridized carbons (Fsp3) is 0.263. The van der Waals surface area contributed by atoms with E-state index < -0.39 is 0 Å². The standard InChI is InChI=1S/C19H22N6O/c1-13-5-6-14(2)16(11-13)19(26)21-9-8-20-17-12-18(24-15(3)23-17)25-10-4-7-22-25/h4-7,10-12H,8-9H2,1-3H3,(H,21,26)(H,20,23,24). The zero-order chi connectivity index (χ0) is 18.5. The number of hydrogen-bond donors (Lipinski definition) is 2. The molecular formula is C19H22N6O. The van der Waals surface area contributed by atoms with Gasteiger partial charge in [0.15, 0.2) is 5.82 Å². The van der Waals surface area contributed by atoms with E-state index >= 15 is 0 Å². The van der Waals surface area contributed by atoms with Crippen LogP contribution in [0.1, 0.15) is 27.3 Å². The first-order chi connectivity index (χ1) is 12.5. The van der Waals surface area contributed by atoms with Crippen molar-refractivity contribution < 1.29 is 4.79 Å². The van der Waals surface area contributed by atoms with Gasteiger partial charge < -0.3 is 10.6 Å². The predicted molar refractivity (Wildman–Crippen MR) is 101 cm³/mol. The van der Waals surface area contributed by atoms with Crippen LogP contribution in [0.4, 0.5) is 5.82 Å². The number of hydrogen-bond acceptors (Lipinski definition) is 5. The Bertz CT molecular complexity index is 904. The minimum atomic E-state index is -0.0656. The number of aryl methyl sites for hydroxylation is 3. The normalized spacial score (nSPS) is 10.6. The second-order valence-electron chi connectivity index (χ2n) is 6.11. The fourth-order valence-electron chi connectivity index (χ4n) is 2.61. The maximum Gasteiger partial charge on any atom is 0.251 e. The summed E-state index contributed by atoms with van der Waals surface area (Å²) >= 11 is 0. The molecule has 0 fully saturated rings. The van der Waals surface area contributed by atoms with E-state index in [1.807, 2.05) is 57.3 Å². The second kappa shape index (κ2) is 7.77. The molecule has 3 aromatic rings. The highest BCUT2D eigenvalue weighted by Crippen LogP contribution is 2.11. The molecule has 0 aliphatic rings. The van der Waals surface area contributed by atoms with Crippen molar-refractivity contribution in [1.29, 1.82) is 0 Å². The van der Waals surface area contributed by atoms with Gasteiger partial charge >= 0.3 is 0 Å². The van der Waals surface area contributed by atoms with E-state index in [9.17, 15) is 4.79 Å². The molecule has 1 aromatic carbocycles. The number of nitrogens with zero attached hydrogens (tertiary/aromatic N) is 4. The number of carbonyl (C=O) groups excluding carboxylic acids is 1. The maximum atomic E-state index is 12.3. The molecule has 0 spiro atoms. The van der Waals surface area contributed by atoms with Crippen molar-refractivity contribution in [3.8, 4) is 5.82 Å². The van der Waals surface area contributed by atoms with Crippen molar-refractivity contribution >= 4 is 11.7 Å². The third-order valence-corrected chi connectivity index (χ3v) is 3.92. The molecule has 26 heavy (non-hydrogen) atoms. The Morgan fingerprint density at radius 1 is 1.12 bits per heavy atom. The summed E-state index contributed by atoms with van der Waals surface area (Å²) in [5, 5.41) is 10.3. The summed E-state index contributed by atoms with van der Waals surface area (Å²) in [5.74, 6) is 1.98. The molecule has 0 aliphatic carbocycles. The van der Waals surface area contributed by atoms with Crippen LogP contribution in [0.25, 0.3) is 5.82 Å². The SMILES string of the molecule is Cc1ccc(C)c(C(=O)NCCNc2cc(-n3cccn3)nc(C)n2)c1. The van der Waals surface area contributed by atoms with Crippen LogP contribution in [-0.2, 0) is 0 Å². The molecule has 3 rings (SSSR count).